The molecule has 1 unspecified atom stereocenters. The third kappa shape index (κ3) is 5.87. The summed E-state index contributed by atoms with van der Waals surface area (Å²) < 4.78 is 10.9. The third-order valence-electron chi connectivity index (χ3n) is 4.56. The molecule has 1 atom stereocenters. The minimum atomic E-state index is 0.462. The fourth-order valence-electron chi connectivity index (χ4n) is 3.00. The average Bonchev–Trinajstić information content (AvgIpc) is 3.15. The number of aromatic nitrogens is 2. The molecule has 0 fully saturated rings. The van der Waals surface area contributed by atoms with Crippen LogP contribution in [0.1, 0.15) is 68.9 Å². The van der Waals surface area contributed by atoms with Gasteiger partial charge in [-0.05, 0) is 25.0 Å². The molecule has 148 valence electrons. The summed E-state index contributed by atoms with van der Waals surface area (Å²) in [4.78, 5) is 0.517. The molecule has 0 bridgehead atoms. The molecule has 0 aliphatic heterocycles. The highest BCUT2D eigenvalue weighted by molar-refractivity contribution is 7.81. The quantitative estimate of drug-likeness (QED) is 0.375. The molecule has 2 aromatic rings. The van der Waals surface area contributed by atoms with Gasteiger partial charge in [0.05, 0.1) is 19.8 Å². The van der Waals surface area contributed by atoms with Crippen LogP contribution in [0.15, 0.2) is 18.2 Å². The van der Waals surface area contributed by atoms with Crippen LogP contribution in [0.25, 0.3) is 0 Å². The fourth-order valence-corrected chi connectivity index (χ4v) is 4.33. The van der Waals surface area contributed by atoms with E-state index in [2.05, 4.69) is 29.4 Å². The van der Waals surface area contributed by atoms with Gasteiger partial charge in [0.2, 0.25) is 5.13 Å². The first-order valence-corrected chi connectivity index (χ1v) is 10.7. The second-order valence-electron chi connectivity index (χ2n) is 6.39. The van der Waals surface area contributed by atoms with E-state index < -0.39 is 0 Å². The predicted octanol–water partition coefficient (Wildman–Crippen LogP) is 5.81. The van der Waals surface area contributed by atoms with Crippen molar-refractivity contribution in [2.45, 2.75) is 58.3 Å². The van der Waals surface area contributed by atoms with Crippen LogP contribution in [0.5, 0.6) is 11.5 Å². The number of benzene rings is 1. The van der Waals surface area contributed by atoms with Crippen LogP contribution in [0.2, 0.25) is 0 Å². The van der Waals surface area contributed by atoms with Crippen molar-refractivity contribution in [3.63, 3.8) is 0 Å². The number of anilines is 1. The largest absolute Gasteiger partial charge is 0.496 e. The predicted molar refractivity (Wildman–Crippen MR) is 117 cm³/mol. The summed E-state index contributed by atoms with van der Waals surface area (Å²) in [5.41, 5.74) is 0.723. The van der Waals surface area contributed by atoms with Gasteiger partial charge in [0.1, 0.15) is 21.5 Å². The van der Waals surface area contributed by atoms with Gasteiger partial charge in [-0.1, -0.05) is 69.2 Å². The minimum absolute atomic E-state index is 0.462. The van der Waals surface area contributed by atoms with Crippen LogP contribution in [0, 0.1) is 0 Å². The van der Waals surface area contributed by atoms with E-state index in [1.165, 1.54) is 25.7 Å². The monoisotopic (exact) mass is 407 g/mol. The molecule has 1 N–H and O–H groups in total. The summed E-state index contributed by atoms with van der Waals surface area (Å²) in [6.45, 7) is 4.45. The summed E-state index contributed by atoms with van der Waals surface area (Å²) in [5, 5.41) is 13.7. The van der Waals surface area contributed by atoms with E-state index in [1.54, 1.807) is 25.6 Å². The van der Waals surface area contributed by atoms with E-state index in [1.807, 2.05) is 18.2 Å². The maximum atomic E-state index is 5.58. The summed E-state index contributed by atoms with van der Waals surface area (Å²) in [6, 6.07) is 5.60. The number of methoxy groups -OCH3 is 2. The molecule has 2 rings (SSSR count). The Kier molecular flexibility index (Phi) is 8.94. The highest BCUT2D eigenvalue weighted by Gasteiger charge is 2.19. The number of thiocarbonyl (C=S) groups is 1. The smallest absolute Gasteiger partial charge is 0.210 e. The zero-order chi connectivity index (χ0) is 19.6. The van der Waals surface area contributed by atoms with E-state index >= 15 is 0 Å². The van der Waals surface area contributed by atoms with E-state index in [4.69, 9.17) is 21.7 Å². The molecule has 0 amide bonds. The first kappa shape index (κ1) is 21.6. The fraction of sp³-hybridized carbons (Fsp3) is 0.550. The number of rotatable bonds is 11. The molecular formula is C20H29N3O2S2. The van der Waals surface area contributed by atoms with Gasteiger partial charge in [0.15, 0.2) is 0 Å². The van der Waals surface area contributed by atoms with Crippen LogP contribution in [0.3, 0.4) is 0 Å². The lowest BCUT2D eigenvalue weighted by Gasteiger charge is -2.14. The summed E-state index contributed by atoms with van der Waals surface area (Å²) >= 11 is 7.16. The molecule has 5 nitrogen and oxygen atoms in total. The van der Waals surface area contributed by atoms with Crippen LogP contribution in [-0.2, 0) is 0 Å². The molecule has 0 radical (unpaired) electrons. The Morgan fingerprint density at radius 3 is 2.41 bits per heavy atom. The van der Waals surface area contributed by atoms with Gasteiger partial charge in [-0.2, -0.15) is 0 Å². The van der Waals surface area contributed by atoms with Gasteiger partial charge in [-0.15, -0.1) is 10.2 Å². The van der Waals surface area contributed by atoms with Gasteiger partial charge >= 0.3 is 0 Å². The molecular weight excluding hydrogens is 378 g/mol. The van der Waals surface area contributed by atoms with E-state index in [-0.39, 0.29) is 0 Å². The highest BCUT2D eigenvalue weighted by Crippen LogP contribution is 2.32. The van der Waals surface area contributed by atoms with Crippen molar-refractivity contribution < 1.29 is 9.47 Å². The van der Waals surface area contributed by atoms with Crippen molar-refractivity contribution in [3.8, 4) is 11.5 Å². The molecule has 1 aromatic heterocycles. The first-order chi connectivity index (χ1) is 13.1. The zero-order valence-corrected chi connectivity index (χ0v) is 18.2. The Morgan fingerprint density at radius 1 is 1.11 bits per heavy atom. The molecule has 1 aromatic carbocycles. The second-order valence-corrected chi connectivity index (χ2v) is 7.81. The Morgan fingerprint density at radius 2 is 1.81 bits per heavy atom. The normalized spacial score (nSPS) is 11.9. The van der Waals surface area contributed by atoms with Gasteiger partial charge < -0.3 is 14.8 Å². The number of hydrogen-bond acceptors (Lipinski definition) is 6. The third-order valence-corrected chi connectivity index (χ3v) is 5.87. The maximum Gasteiger partial charge on any atom is 0.210 e. The van der Waals surface area contributed by atoms with Crippen molar-refractivity contribution in [3.05, 3.63) is 28.8 Å². The van der Waals surface area contributed by atoms with Crippen LogP contribution in [0.4, 0.5) is 5.13 Å². The number of unbranched alkanes of at least 4 members (excludes halogenated alkanes) is 3. The first-order valence-electron chi connectivity index (χ1n) is 9.50. The van der Waals surface area contributed by atoms with Crippen molar-refractivity contribution in [1.29, 1.82) is 0 Å². The standard InChI is InChI=1S/C20H29N3O2S2/c1-5-7-8-9-11-14(6-2)19-22-23-20(27-19)21-18(26)17-15(24-3)12-10-13-16(17)25-4/h10,12-14H,5-9,11H2,1-4H3,(H,21,23,26). The zero-order valence-electron chi connectivity index (χ0n) is 16.6. The van der Waals surface area contributed by atoms with Crippen molar-refractivity contribution in [2.24, 2.45) is 0 Å². The molecule has 0 saturated heterocycles. The number of hydrogen-bond donors (Lipinski definition) is 1. The molecule has 27 heavy (non-hydrogen) atoms. The van der Waals surface area contributed by atoms with Gasteiger partial charge in [-0.3, -0.25) is 0 Å². The lowest BCUT2D eigenvalue weighted by Crippen LogP contribution is -2.13. The van der Waals surface area contributed by atoms with E-state index in [0.29, 0.717) is 27.5 Å². The van der Waals surface area contributed by atoms with E-state index in [9.17, 15) is 0 Å². The Bertz CT molecular complexity index is 712. The number of ether oxygens (including phenoxy) is 2. The summed E-state index contributed by atoms with van der Waals surface area (Å²) in [6.07, 6.45) is 7.32. The van der Waals surface area contributed by atoms with Gasteiger partial charge in [0, 0.05) is 5.92 Å². The van der Waals surface area contributed by atoms with Crippen molar-refractivity contribution in [2.75, 3.05) is 19.5 Å². The SMILES string of the molecule is CCCCCCC(CC)c1nnc(NC(=S)c2c(OC)cccc2OC)s1. The summed E-state index contributed by atoms with van der Waals surface area (Å²) in [7, 11) is 3.24. The molecule has 1 heterocycles. The Balaban J connectivity index is 2.08. The highest BCUT2D eigenvalue weighted by atomic mass is 32.1. The Hall–Kier alpha value is -1.73. The maximum absolute atomic E-state index is 5.58. The van der Waals surface area contributed by atoms with Crippen LogP contribution >= 0.6 is 23.6 Å². The second kappa shape index (κ2) is 11.2. The lowest BCUT2D eigenvalue weighted by atomic mass is 9.99. The Labute approximate surface area is 171 Å². The van der Waals surface area contributed by atoms with Crippen molar-refractivity contribution >= 4 is 33.7 Å². The molecule has 0 saturated carbocycles. The van der Waals surface area contributed by atoms with Crippen molar-refractivity contribution in [1.82, 2.24) is 10.2 Å². The number of nitrogens with zero attached hydrogens (tertiary/aromatic N) is 2. The molecule has 0 spiro atoms. The average molecular weight is 408 g/mol. The topological polar surface area (TPSA) is 56.3 Å². The molecule has 7 heteroatoms. The molecule has 0 aliphatic rings. The van der Waals surface area contributed by atoms with Gasteiger partial charge in [-0.25, -0.2) is 0 Å². The van der Waals surface area contributed by atoms with Crippen LogP contribution in [-0.4, -0.2) is 29.4 Å². The number of nitrogens with one attached hydrogen (secondary N) is 1. The van der Waals surface area contributed by atoms with E-state index in [0.717, 1.165) is 23.4 Å². The van der Waals surface area contributed by atoms with Gasteiger partial charge in [0.25, 0.3) is 0 Å². The minimum Gasteiger partial charge on any atom is -0.496 e. The lowest BCUT2D eigenvalue weighted by molar-refractivity contribution is 0.393. The molecule has 0 aliphatic carbocycles. The van der Waals surface area contributed by atoms with Crippen LogP contribution < -0.4 is 14.8 Å². The summed E-state index contributed by atoms with van der Waals surface area (Å²) in [5.74, 6) is 1.79.